The fourth-order valence-electron chi connectivity index (χ4n) is 3.13. The highest BCUT2D eigenvalue weighted by molar-refractivity contribution is 6.05. The van der Waals surface area contributed by atoms with Crippen molar-refractivity contribution < 1.29 is 28.1 Å². The quantitative estimate of drug-likeness (QED) is 0.481. The highest BCUT2D eigenvalue weighted by Gasteiger charge is 2.19. The van der Waals surface area contributed by atoms with Crippen LogP contribution in [0.15, 0.2) is 36.5 Å². The molecule has 0 radical (unpaired) electrons. The van der Waals surface area contributed by atoms with Crippen LogP contribution in [0.1, 0.15) is 42.4 Å². The number of ether oxygens (including phenoxy) is 4. The Balaban J connectivity index is 0.00000166. The summed E-state index contributed by atoms with van der Waals surface area (Å²) in [6.45, 7) is 5.97. The second-order valence-electron chi connectivity index (χ2n) is 6.23. The van der Waals surface area contributed by atoms with Crippen molar-refractivity contribution in [2.45, 2.75) is 27.2 Å². The van der Waals surface area contributed by atoms with Crippen molar-refractivity contribution in [1.82, 2.24) is 4.98 Å². The summed E-state index contributed by atoms with van der Waals surface area (Å²) in [5, 5.41) is 1.24. The van der Waals surface area contributed by atoms with Crippen LogP contribution in [0.3, 0.4) is 0 Å². The van der Waals surface area contributed by atoms with Crippen LogP contribution in [-0.2, 0) is 11.2 Å². The van der Waals surface area contributed by atoms with E-state index in [1.165, 1.54) is 33.6 Å². The molecule has 0 atom stereocenters. The lowest BCUT2D eigenvalue weighted by molar-refractivity contribution is 0.0528. The molecular formula is C24H28FNO5. The van der Waals surface area contributed by atoms with E-state index in [9.17, 15) is 9.18 Å². The molecule has 7 heteroatoms. The molecule has 6 nitrogen and oxygen atoms in total. The van der Waals surface area contributed by atoms with E-state index < -0.39 is 5.97 Å². The summed E-state index contributed by atoms with van der Waals surface area (Å²) >= 11 is 0. The van der Waals surface area contributed by atoms with Crippen molar-refractivity contribution >= 4 is 16.7 Å². The molecule has 3 rings (SSSR count). The normalized spacial score (nSPS) is 10.2. The van der Waals surface area contributed by atoms with Crippen LogP contribution in [0, 0.1) is 5.82 Å². The van der Waals surface area contributed by atoms with Gasteiger partial charge >= 0.3 is 5.97 Å². The predicted molar refractivity (Wildman–Crippen MR) is 118 cm³/mol. The molecule has 0 amide bonds. The second-order valence-corrected chi connectivity index (χ2v) is 6.23. The third-order valence-electron chi connectivity index (χ3n) is 4.58. The Morgan fingerprint density at radius 3 is 2.19 bits per heavy atom. The number of aromatic nitrogens is 1. The first-order valence-corrected chi connectivity index (χ1v) is 10.1. The van der Waals surface area contributed by atoms with Crippen LogP contribution >= 0.6 is 0 Å². The molecule has 0 bridgehead atoms. The molecule has 31 heavy (non-hydrogen) atoms. The molecule has 0 unspecified atom stereocenters. The zero-order chi connectivity index (χ0) is 23.0. The number of benzene rings is 2. The molecule has 1 heterocycles. The number of hydrogen-bond acceptors (Lipinski definition) is 6. The van der Waals surface area contributed by atoms with Gasteiger partial charge in [0.15, 0.2) is 11.5 Å². The first-order valence-electron chi connectivity index (χ1n) is 10.1. The van der Waals surface area contributed by atoms with Crippen molar-refractivity contribution in [1.29, 1.82) is 0 Å². The maximum absolute atomic E-state index is 14.4. The van der Waals surface area contributed by atoms with Crippen LogP contribution in [0.4, 0.5) is 4.39 Å². The van der Waals surface area contributed by atoms with Gasteiger partial charge < -0.3 is 18.9 Å². The van der Waals surface area contributed by atoms with Gasteiger partial charge in [-0.05, 0) is 42.8 Å². The first-order chi connectivity index (χ1) is 15.0. The molecular weight excluding hydrogens is 401 g/mol. The van der Waals surface area contributed by atoms with E-state index in [1.54, 1.807) is 31.2 Å². The highest BCUT2D eigenvalue weighted by Crippen LogP contribution is 2.35. The third kappa shape index (κ3) is 5.23. The topological polar surface area (TPSA) is 66.9 Å². The maximum Gasteiger partial charge on any atom is 0.340 e. The minimum absolute atomic E-state index is 0.206. The Morgan fingerprint density at radius 1 is 0.968 bits per heavy atom. The molecule has 2 aromatic carbocycles. The van der Waals surface area contributed by atoms with Crippen molar-refractivity contribution in [3.63, 3.8) is 0 Å². The van der Waals surface area contributed by atoms with Crippen LogP contribution < -0.4 is 14.2 Å². The van der Waals surface area contributed by atoms with Crippen molar-refractivity contribution in [3.05, 3.63) is 59.2 Å². The van der Waals surface area contributed by atoms with Gasteiger partial charge in [-0.15, -0.1) is 0 Å². The summed E-state index contributed by atoms with van der Waals surface area (Å²) in [5.74, 6) is 0.644. The van der Waals surface area contributed by atoms with Crippen LogP contribution in [0.5, 0.6) is 17.2 Å². The summed E-state index contributed by atoms with van der Waals surface area (Å²) in [6.07, 6.45) is 1.65. The summed E-state index contributed by atoms with van der Waals surface area (Å²) in [5.41, 5.74) is 1.32. The Labute approximate surface area is 181 Å². The van der Waals surface area contributed by atoms with Gasteiger partial charge in [-0.1, -0.05) is 13.8 Å². The predicted octanol–water partition coefficient (Wildman–Crippen LogP) is 5.19. The molecule has 3 aromatic rings. The Morgan fingerprint density at radius 2 is 1.61 bits per heavy atom. The molecule has 0 N–H and O–H groups in total. The molecule has 0 aliphatic rings. The summed E-state index contributed by atoms with van der Waals surface area (Å²) in [6, 6.07) is 7.97. The van der Waals surface area contributed by atoms with Gasteiger partial charge in [0, 0.05) is 23.4 Å². The van der Waals surface area contributed by atoms with Gasteiger partial charge in [0.05, 0.1) is 39.2 Å². The number of pyridine rings is 1. The number of hydrogen-bond donors (Lipinski definition) is 0. The van der Waals surface area contributed by atoms with E-state index in [0.29, 0.717) is 44.8 Å². The molecule has 0 aliphatic heterocycles. The van der Waals surface area contributed by atoms with Gasteiger partial charge in [0.2, 0.25) is 0 Å². The smallest absolute Gasteiger partial charge is 0.340 e. The van der Waals surface area contributed by atoms with Gasteiger partial charge in [-0.3, -0.25) is 4.98 Å². The number of rotatable bonds is 7. The number of esters is 1. The van der Waals surface area contributed by atoms with Crippen LogP contribution in [0.2, 0.25) is 0 Å². The summed E-state index contributed by atoms with van der Waals surface area (Å²) < 4.78 is 35.5. The molecule has 0 aliphatic carbocycles. The molecule has 0 fully saturated rings. The summed E-state index contributed by atoms with van der Waals surface area (Å²) in [4.78, 5) is 16.8. The monoisotopic (exact) mass is 429 g/mol. The number of halogens is 1. The van der Waals surface area contributed by atoms with Crippen LogP contribution in [0.25, 0.3) is 10.8 Å². The fourth-order valence-corrected chi connectivity index (χ4v) is 3.13. The minimum atomic E-state index is -0.490. The summed E-state index contributed by atoms with van der Waals surface area (Å²) in [7, 11) is 4.56. The largest absolute Gasteiger partial charge is 0.497 e. The van der Waals surface area contributed by atoms with Crippen molar-refractivity contribution in [2.75, 3.05) is 27.9 Å². The lowest BCUT2D eigenvalue weighted by Gasteiger charge is -2.14. The number of methoxy groups -OCH3 is 3. The lowest BCUT2D eigenvalue weighted by Crippen LogP contribution is -2.08. The minimum Gasteiger partial charge on any atom is -0.497 e. The zero-order valence-electron chi connectivity index (χ0n) is 18.7. The highest BCUT2D eigenvalue weighted by atomic mass is 19.1. The van der Waals surface area contributed by atoms with Crippen molar-refractivity contribution in [2.24, 2.45) is 0 Å². The average Bonchev–Trinajstić information content (AvgIpc) is 2.81. The van der Waals surface area contributed by atoms with E-state index in [0.717, 1.165) is 0 Å². The fraction of sp³-hybridized carbons (Fsp3) is 0.333. The Bertz CT molecular complexity index is 1050. The van der Waals surface area contributed by atoms with Gasteiger partial charge in [0.25, 0.3) is 0 Å². The SMILES string of the molecule is CC.CCOC(=O)c1cnc(Cc2cc(OC)ccc2F)c2cc(OC)c(OC)cc12. The Kier molecular flexibility index (Phi) is 8.61. The molecule has 0 saturated heterocycles. The molecule has 1 aromatic heterocycles. The molecule has 0 spiro atoms. The van der Waals surface area contributed by atoms with E-state index >= 15 is 0 Å². The van der Waals surface area contributed by atoms with E-state index in [2.05, 4.69) is 4.98 Å². The number of carbonyl (C=O) groups excluding carboxylic acids is 1. The first kappa shape index (κ1) is 23.9. The van der Waals surface area contributed by atoms with Crippen LogP contribution in [-0.4, -0.2) is 38.9 Å². The number of nitrogens with zero attached hydrogens (tertiary/aromatic N) is 1. The Hall–Kier alpha value is -3.35. The standard InChI is InChI=1S/C22H22FNO5.C2H6/c1-5-29-22(25)17-12-24-19(9-13-8-14(26-2)6-7-18(13)23)16-11-21(28-4)20(27-3)10-15(16)17;1-2/h6-8,10-12H,5,9H2,1-4H3;1-2H3. The molecule has 166 valence electrons. The third-order valence-corrected chi connectivity index (χ3v) is 4.58. The van der Waals surface area contributed by atoms with Gasteiger partial charge in [0.1, 0.15) is 11.6 Å². The number of carbonyl (C=O) groups is 1. The van der Waals surface area contributed by atoms with E-state index in [4.69, 9.17) is 18.9 Å². The lowest BCUT2D eigenvalue weighted by atomic mass is 9.99. The van der Waals surface area contributed by atoms with Gasteiger partial charge in [-0.25, -0.2) is 9.18 Å². The van der Waals surface area contributed by atoms with E-state index in [-0.39, 0.29) is 18.8 Å². The zero-order valence-corrected chi connectivity index (χ0v) is 18.7. The van der Waals surface area contributed by atoms with E-state index in [1.807, 2.05) is 13.8 Å². The average molecular weight is 429 g/mol. The molecule has 0 saturated carbocycles. The van der Waals surface area contributed by atoms with Crippen molar-refractivity contribution in [3.8, 4) is 17.2 Å². The second kappa shape index (κ2) is 11.2. The maximum atomic E-state index is 14.4. The number of fused-ring (bicyclic) bond motifs is 1. The van der Waals surface area contributed by atoms with Gasteiger partial charge in [-0.2, -0.15) is 0 Å².